The highest BCUT2D eigenvalue weighted by atomic mass is 15.1. The summed E-state index contributed by atoms with van der Waals surface area (Å²) in [4.78, 5) is 0. The average molecular weight is 220 g/mol. The molecule has 3 rings (SSSR count). The number of nitrogens with one attached hydrogen (secondary N) is 2. The normalized spacial score (nSPS) is 24.0. The van der Waals surface area contributed by atoms with Gasteiger partial charge < -0.3 is 10.6 Å². The minimum Gasteiger partial charge on any atom is -0.380 e. The topological polar surface area (TPSA) is 24.1 Å². The monoisotopic (exact) mass is 220 g/mol. The smallest absolute Gasteiger partial charge is 0.0467 e. The molecule has 2 aliphatic heterocycles. The third-order valence-electron chi connectivity index (χ3n) is 2.92. The number of anilines is 1. The molecule has 0 saturated carbocycles. The second-order valence-electron chi connectivity index (χ2n) is 3.60. The van der Waals surface area contributed by atoms with E-state index < -0.39 is 0 Å². The van der Waals surface area contributed by atoms with Crippen molar-refractivity contribution in [3.05, 3.63) is 29.8 Å². The molecule has 0 spiro atoms. The molecule has 2 atom stereocenters. The molecule has 90 valence electrons. The Labute approximate surface area is 99.5 Å². The Hall–Kier alpha value is -1.02. The van der Waals surface area contributed by atoms with Crippen molar-refractivity contribution in [2.45, 2.75) is 39.7 Å². The van der Waals surface area contributed by atoms with Gasteiger partial charge in [-0.25, -0.2) is 0 Å². The second kappa shape index (κ2) is 6.54. The highest BCUT2D eigenvalue weighted by molar-refractivity contribution is 5.60. The molecule has 2 nitrogen and oxygen atoms in total. The van der Waals surface area contributed by atoms with Gasteiger partial charge in [0.05, 0.1) is 0 Å². The Morgan fingerprint density at radius 2 is 1.69 bits per heavy atom. The van der Waals surface area contributed by atoms with Gasteiger partial charge in [0.25, 0.3) is 0 Å². The van der Waals surface area contributed by atoms with E-state index in [1.165, 1.54) is 11.3 Å². The number of rotatable bonds is 0. The van der Waals surface area contributed by atoms with Gasteiger partial charge in [0, 0.05) is 30.7 Å². The van der Waals surface area contributed by atoms with Gasteiger partial charge in [-0.3, -0.25) is 0 Å². The van der Waals surface area contributed by atoms with Crippen molar-refractivity contribution in [3.8, 4) is 0 Å². The fraction of sp³-hybridized carbons (Fsp3) is 0.571. The molecule has 2 aliphatic rings. The van der Waals surface area contributed by atoms with E-state index in [2.05, 4.69) is 34.9 Å². The zero-order chi connectivity index (χ0) is 12.0. The number of hydrogen-bond acceptors (Lipinski definition) is 2. The summed E-state index contributed by atoms with van der Waals surface area (Å²) in [6, 6.07) is 9.28. The minimum atomic E-state index is 0.641. The molecule has 0 aliphatic carbocycles. The largest absolute Gasteiger partial charge is 0.380 e. The summed E-state index contributed by atoms with van der Waals surface area (Å²) in [5, 5.41) is 6.94. The van der Waals surface area contributed by atoms with Crippen molar-refractivity contribution < 1.29 is 0 Å². The van der Waals surface area contributed by atoms with E-state index in [4.69, 9.17) is 0 Å². The predicted octanol–water partition coefficient (Wildman–Crippen LogP) is 3.22. The number of benzene rings is 1. The third-order valence-corrected chi connectivity index (χ3v) is 2.92. The second-order valence-corrected chi connectivity index (χ2v) is 3.60. The van der Waals surface area contributed by atoms with Crippen molar-refractivity contribution in [1.29, 1.82) is 0 Å². The minimum absolute atomic E-state index is 0.641. The van der Waals surface area contributed by atoms with Gasteiger partial charge in [0.1, 0.15) is 0 Å². The van der Waals surface area contributed by atoms with Crippen LogP contribution in [0.25, 0.3) is 0 Å². The SMILES string of the molecule is CC.CC.c1ccc2c(c1)NC1CNC[C@@H]21. The zero-order valence-corrected chi connectivity index (χ0v) is 10.9. The van der Waals surface area contributed by atoms with Crippen molar-refractivity contribution >= 4 is 5.69 Å². The van der Waals surface area contributed by atoms with Crippen molar-refractivity contribution in [1.82, 2.24) is 5.32 Å². The first-order valence-corrected chi connectivity index (χ1v) is 6.51. The Bertz CT molecular complexity index is 309. The molecule has 0 aromatic heterocycles. The van der Waals surface area contributed by atoms with Crippen LogP contribution in [0.4, 0.5) is 5.69 Å². The van der Waals surface area contributed by atoms with Crippen LogP contribution in [0.5, 0.6) is 0 Å². The van der Waals surface area contributed by atoms with Gasteiger partial charge in [-0.15, -0.1) is 0 Å². The first kappa shape index (κ1) is 13.0. The molecule has 2 N–H and O–H groups in total. The molecule has 1 aromatic carbocycles. The van der Waals surface area contributed by atoms with E-state index in [9.17, 15) is 0 Å². The van der Waals surface area contributed by atoms with Gasteiger partial charge >= 0.3 is 0 Å². The van der Waals surface area contributed by atoms with Crippen LogP contribution in [-0.2, 0) is 0 Å². The van der Waals surface area contributed by atoms with Crippen molar-refractivity contribution in [2.24, 2.45) is 0 Å². The molecule has 1 aromatic rings. The van der Waals surface area contributed by atoms with Gasteiger partial charge in [-0.2, -0.15) is 0 Å². The Balaban J connectivity index is 0.000000291. The number of para-hydroxylation sites is 1. The lowest BCUT2D eigenvalue weighted by Crippen LogP contribution is -2.20. The van der Waals surface area contributed by atoms with Gasteiger partial charge in [0.2, 0.25) is 0 Å². The maximum Gasteiger partial charge on any atom is 0.0467 e. The molecule has 1 unspecified atom stereocenters. The summed E-state index contributed by atoms with van der Waals surface area (Å²) >= 11 is 0. The van der Waals surface area contributed by atoms with Crippen LogP contribution in [0.3, 0.4) is 0 Å². The molecular formula is C14H24N2. The summed E-state index contributed by atoms with van der Waals surface area (Å²) in [7, 11) is 0. The van der Waals surface area contributed by atoms with E-state index in [1.54, 1.807) is 0 Å². The summed E-state index contributed by atoms with van der Waals surface area (Å²) < 4.78 is 0. The Kier molecular flexibility index (Phi) is 5.33. The molecule has 0 radical (unpaired) electrons. The molecule has 16 heavy (non-hydrogen) atoms. The van der Waals surface area contributed by atoms with Crippen LogP contribution in [0.2, 0.25) is 0 Å². The van der Waals surface area contributed by atoms with E-state index in [-0.39, 0.29) is 0 Å². The lowest BCUT2D eigenvalue weighted by Gasteiger charge is -2.06. The molecule has 1 saturated heterocycles. The molecule has 0 bridgehead atoms. The Morgan fingerprint density at radius 1 is 1.00 bits per heavy atom. The summed E-state index contributed by atoms with van der Waals surface area (Å²) in [6.45, 7) is 10.2. The molecular weight excluding hydrogens is 196 g/mol. The summed E-state index contributed by atoms with van der Waals surface area (Å²) in [5.41, 5.74) is 2.83. The third kappa shape index (κ3) is 2.38. The predicted molar refractivity (Wildman–Crippen MR) is 72.2 cm³/mol. The van der Waals surface area contributed by atoms with E-state index >= 15 is 0 Å². The van der Waals surface area contributed by atoms with E-state index in [1.807, 2.05) is 27.7 Å². The summed E-state index contributed by atoms with van der Waals surface area (Å²) in [5.74, 6) is 0.709. The fourth-order valence-electron chi connectivity index (χ4n) is 2.31. The lowest BCUT2D eigenvalue weighted by atomic mass is 9.98. The van der Waals surface area contributed by atoms with Gasteiger partial charge in [-0.1, -0.05) is 45.9 Å². The van der Waals surface area contributed by atoms with E-state index in [0.29, 0.717) is 12.0 Å². The highest BCUT2D eigenvalue weighted by Crippen LogP contribution is 2.36. The Morgan fingerprint density at radius 3 is 2.44 bits per heavy atom. The molecule has 2 heteroatoms. The summed E-state index contributed by atoms with van der Waals surface area (Å²) in [6.07, 6.45) is 0. The molecule has 1 fully saturated rings. The quantitative estimate of drug-likeness (QED) is 0.701. The maximum absolute atomic E-state index is 3.53. The first-order valence-electron chi connectivity index (χ1n) is 6.51. The van der Waals surface area contributed by atoms with Crippen LogP contribution in [0.1, 0.15) is 39.2 Å². The van der Waals surface area contributed by atoms with Gasteiger partial charge in [-0.05, 0) is 11.6 Å². The first-order chi connectivity index (χ1) is 7.95. The van der Waals surface area contributed by atoms with Crippen LogP contribution >= 0.6 is 0 Å². The zero-order valence-electron chi connectivity index (χ0n) is 10.9. The van der Waals surface area contributed by atoms with Crippen LogP contribution < -0.4 is 10.6 Å². The average Bonchev–Trinajstić information content (AvgIpc) is 2.94. The van der Waals surface area contributed by atoms with E-state index in [0.717, 1.165) is 13.1 Å². The maximum atomic E-state index is 3.53. The number of fused-ring (bicyclic) bond motifs is 3. The van der Waals surface area contributed by atoms with Crippen LogP contribution in [-0.4, -0.2) is 19.1 Å². The molecule has 0 amide bonds. The number of hydrogen-bond donors (Lipinski definition) is 2. The van der Waals surface area contributed by atoms with Crippen molar-refractivity contribution in [3.63, 3.8) is 0 Å². The van der Waals surface area contributed by atoms with Crippen LogP contribution in [0.15, 0.2) is 24.3 Å². The lowest BCUT2D eigenvalue weighted by molar-refractivity contribution is 0.736. The highest BCUT2D eigenvalue weighted by Gasteiger charge is 2.34. The van der Waals surface area contributed by atoms with Crippen molar-refractivity contribution in [2.75, 3.05) is 18.4 Å². The standard InChI is InChI=1S/C10H12N2.2C2H6/c1-2-4-9-7(3-1)8-5-11-6-10(8)12-9;2*1-2/h1-4,8,10-12H,5-6H2;2*1-2H3/t8-,10?;;/m0../s1. The fourth-order valence-corrected chi connectivity index (χ4v) is 2.31. The molecule has 2 heterocycles. The van der Waals surface area contributed by atoms with Crippen LogP contribution in [0, 0.1) is 0 Å². The van der Waals surface area contributed by atoms with Gasteiger partial charge in [0.15, 0.2) is 0 Å².